The summed E-state index contributed by atoms with van der Waals surface area (Å²) in [6.45, 7) is 0.672. The van der Waals surface area contributed by atoms with Gasteiger partial charge in [0.1, 0.15) is 11.6 Å². The van der Waals surface area contributed by atoms with Crippen LogP contribution in [0.25, 0.3) is 10.2 Å². The summed E-state index contributed by atoms with van der Waals surface area (Å²) >= 11 is 7.65. The van der Waals surface area contributed by atoms with Crippen LogP contribution >= 0.6 is 22.9 Å². The molecule has 9 heteroatoms. The summed E-state index contributed by atoms with van der Waals surface area (Å²) in [5.41, 5.74) is 1.58. The molecule has 2 aromatic carbocycles. The number of fused-ring (bicyclic) bond motifs is 1. The van der Waals surface area contributed by atoms with Gasteiger partial charge in [0.2, 0.25) is 15.9 Å². The average molecular weight is 450 g/mol. The first kappa shape index (κ1) is 20.3. The van der Waals surface area contributed by atoms with E-state index in [2.05, 4.69) is 4.98 Å². The highest BCUT2D eigenvalue weighted by Crippen LogP contribution is 2.35. The molecule has 0 aliphatic carbocycles. The lowest BCUT2D eigenvalue weighted by atomic mass is 10.1. The first-order chi connectivity index (χ1) is 13.8. The van der Waals surface area contributed by atoms with Gasteiger partial charge in [-0.3, -0.25) is 9.69 Å². The van der Waals surface area contributed by atoms with Crippen molar-refractivity contribution in [2.24, 2.45) is 0 Å². The number of amides is 1. The van der Waals surface area contributed by atoms with Crippen molar-refractivity contribution in [3.05, 3.63) is 59.1 Å². The molecular weight excluding hydrogens is 430 g/mol. The molecule has 0 bridgehead atoms. The SMILES string of the molecule is CS(=O)(=O)N1CCC[C@@H]1C(=O)N(Cc1ccccc1)c1nc2c(Cl)cccc2s1. The number of anilines is 1. The van der Waals surface area contributed by atoms with Crippen molar-refractivity contribution in [2.75, 3.05) is 17.7 Å². The fourth-order valence-corrected chi connectivity index (χ4v) is 5.98. The van der Waals surface area contributed by atoms with E-state index < -0.39 is 16.1 Å². The smallest absolute Gasteiger partial charge is 0.247 e. The number of halogens is 1. The van der Waals surface area contributed by atoms with Gasteiger partial charge in [-0.1, -0.05) is 59.3 Å². The van der Waals surface area contributed by atoms with Crippen molar-refractivity contribution in [1.29, 1.82) is 0 Å². The number of nitrogens with zero attached hydrogens (tertiary/aromatic N) is 3. The fraction of sp³-hybridized carbons (Fsp3) is 0.300. The molecule has 1 aliphatic rings. The van der Waals surface area contributed by atoms with Gasteiger partial charge in [-0.15, -0.1) is 0 Å². The quantitative estimate of drug-likeness (QED) is 0.592. The molecule has 1 aromatic heterocycles. The third-order valence-corrected chi connectivity index (χ3v) is 7.59. The van der Waals surface area contributed by atoms with Crippen molar-refractivity contribution in [3.63, 3.8) is 0 Å². The molecule has 152 valence electrons. The molecule has 1 amide bonds. The van der Waals surface area contributed by atoms with Gasteiger partial charge >= 0.3 is 0 Å². The van der Waals surface area contributed by atoms with E-state index in [9.17, 15) is 13.2 Å². The summed E-state index contributed by atoms with van der Waals surface area (Å²) in [7, 11) is -3.47. The predicted molar refractivity (Wildman–Crippen MR) is 117 cm³/mol. The zero-order valence-electron chi connectivity index (χ0n) is 15.8. The first-order valence-corrected chi connectivity index (χ1v) is 12.3. The van der Waals surface area contributed by atoms with Gasteiger partial charge in [-0.05, 0) is 30.5 Å². The van der Waals surface area contributed by atoms with Crippen LogP contribution in [0.1, 0.15) is 18.4 Å². The minimum Gasteiger partial charge on any atom is -0.282 e. The third kappa shape index (κ3) is 4.16. The minimum absolute atomic E-state index is 0.257. The fourth-order valence-electron chi connectivity index (χ4n) is 3.59. The van der Waals surface area contributed by atoms with Gasteiger partial charge in [0.15, 0.2) is 5.13 Å². The molecule has 29 heavy (non-hydrogen) atoms. The van der Waals surface area contributed by atoms with Gasteiger partial charge in [-0.25, -0.2) is 13.4 Å². The molecular formula is C20H20ClN3O3S2. The monoisotopic (exact) mass is 449 g/mol. The number of rotatable bonds is 5. The summed E-state index contributed by atoms with van der Waals surface area (Å²) in [6, 6.07) is 14.4. The van der Waals surface area contributed by atoms with Gasteiger partial charge in [0.25, 0.3) is 0 Å². The number of carbonyl (C=O) groups is 1. The van der Waals surface area contributed by atoms with Crippen LogP contribution in [0.3, 0.4) is 0 Å². The van der Waals surface area contributed by atoms with Crippen LogP contribution in [0, 0.1) is 0 Å². The van der Waals surface area contributed by atoms with Crippen molar-refractivity contribution in [2.45, 2.75) is 25.4 Å². The van der Waals surface area contributed by atoms with Crippen molar-refractivity contribution >= 4 is 54.2 Å². The molecule has 1 fully saturated rings. The Morgan fingerprint density at radius 2 is 2.00 bits per heavy atom. The molecule has 0 N–H and O–H groups in total. The molecule has 0 unspecified atom stereocenters. The second-order valence-corrected chi connectivity index (χ2v) is 10.4. The molecule has 0 spiro atoms. The summed E-state index contributed by atoms with van der Waals surface area (Å²) < 4.78 is 26.5. The Bertz CT molecular complexity index is 1150. The minimum atomic E-state index is -3.47. The molecule has 0 radical (unpaired) electrons. The van der Waals surface area contributed by atoms with E-state index in [1.165, 1.54) is 15.6 Å². The van der Waals surface area contributed by atoms with Crippen LogP contribution in [-0.2, 0) is 21.4 Å². The van der Waals surface area contributed by atoms with Gasteiger partial charge in [0, 0.05) is 6.54 Å². The van der Waals surface area contributed by atoms with Crippen LogP contribution in [0.4, 0.5) is 5.13 Å². The van der Waals surface area contributed by atoms with E-state index in [1.807, 2.05) is 42.5 Å². The molecule has 2 heterocycles. The standard InChI is InChI=1S/C20H20ClN3O3S2/c1-29(26,27)24-12-6-10-16(24)19(25)23(13-14-7-3-2-4-8-14)20-22-18-15(21)9-5-11-17(18)28-20/h2-5,7-9,11,16H,6,10,12-13H2,1H3/t16-/m1/s1. The summed E-state index contributed by atoms with van der Waals surface area (Å²) in [4.78, 5) is 19.7. The van der Waals surface area contributed by atoms with Crippen LogP contribution in [0.2, 0.25) is 5.02 Å². The zero-order chi connectivity index (χ0) is 20.6. The number of benzene rings is 2. The lowest BCUT2D eigenvalue weighted by molar-refractivity contribution is -0.121. The number of sulfonamides is 1. The maximum Gasteiger partial charge on any atom is 0.247 e. The lowest BCUT2D eigenvalue weighted by Gasteiger charge is -2.27. The molecule has 0 saturated carbocycles. The maximum absolute atomic E-state index is 13.5. The van der Waals surface area contributed by atoms with Gasteiger partial charge in [0.05, 0.1) is 22.5 Å². The zero-order valence-corrected chi connectivity index (χ0v) is 18.2. The van der Waals surface area contributed by atoms with Crippen LogP contribution < -0.4 is 4.90 Å². The largest absolute Gasteiger partial charge is 0.282 e. The number of thiazole rings is 1. The Morgan fingerprint density at radius 1 is 1.24 bits per heavy atom. The Hall–Kier alpha value is -2.00. The number of carbonyl (C=O) groups excluding carboxylic acids is 1. The topological polar surface area (TPSA) is 70.6 Å². The van der Waals surface area contributed by atoms with Gasteiger partial charge in [-0.2, -0.15) is 4.31 Å². The van der Waals surface area contributed by atoms with Crippen LogP contribution in [0.5, 0.6) is 0 Å². The lowest BCUT2D eigenvalue weighted by Crippen LogP contribution is -2.47. The van der Waals surface area contributed by atoms with Crippen LogP contribution in [0.15, 0.2) is 48.5 Å². The maximum atomic E-state index is 13.5. The Labute approximate surface area is 178 Å². The molecule has 3 aromatic rings. The highest BCUT2D eigenvalue weighted by Gasteiger charge is 2.39. The van der Waals surface area contributed by atoms with E-state index in [0.29, 0.717) is 41.6 Å². The second kappa shape index (κ2) is 8.02. The average Bonchev–Trinajstić information content (AvgIpc) is 3.34. The van der Waals surface area contributed by atoms with E-state index in [0.717, 1.165) is 16.5 Å². The highest BCUT2D eigenvalue weighted by atomic mass is 35.5. The molecule has 1 saturated heterocycles. The Balaban J connectivity index is 1.75. The van der Waals surface area contributed by atoms with E-state index >= 15 is 0 Å². The molecule has 6 nitrogen and oxygen atoms in total. The normalized spacial score (nSPS) is 17.7. The summed E-state index contributed by atoms with van der Waals surface area (Å²) in [5.74, 6) is -0.257. The Morgan fingerprint density at radius 3 is 2.69 bits per heavy atom. The van der Waals surface area contributed by atoms with E-state index in [4.69, 9.17) is 11.6 Å². The van der Waals surface area contributed by atoms with Crippen molar-refractivity contribution < 1.29 is 13.2 Å². The van der Waals surface area contributed by atoms with Gasteiger partial charge < -0.3 is 0 Å². The molecule has 1 atom stereocenters. The van der Waals surface area contributed by atoms with Crippen LogP contribution in [-0.4, -0.2) is 42.5 Å². The highest BCUT2D eigenvalue weighted by molar-refractivity contribution is 7.88. The van der Waals surface area contributed by atoms with E-state index in [-0.39, 0.29) is 5.91 Å². The summed E-state index contributed by atoms with van der Waals surface area (Å²) in [5, 5.41) is 1.04. The van der Waals surface area contributed by atoms with Crippen molar-refractivity contribution in [3.8, 4) is 0 Å². The second-order valence-electron chi connectivity index (χ2n) is 7.02. The third-order valence-electron chi connectivity index (χ3n) is 4.95. The summed E-state index contributed by atoms with van der Waals surface area (Å²) in [6.07, 6.45) is 2.31. The predicted octanol–water partition coefficient (Wildman–Crippen LogP) is 3.91. The number of para-hydroxylation sites is 1. The van der Waals surface area contributed by atoms with E-state index in [1.54, 1.807) is 11.0 Å². The molecule has 1 aliphatic heterocycles. The first-order valence-electron chi connectivity index (χ1n) is 9.22. The van der Waals surface area contributed by atoms with Crippen molar-refractivity contribution in [1.82, 2.24) is 9.29 Å². The number of aromatic nitrogens is 1. The molecule has 4 rings (SSSR count). The number of hydrogen-bond acceptors (Lipinski definition) is 5. The Kier molecular flexibility index (Phi) is 5.61. The number of hydrogen-bond donors (Lipinski definition) is 0.